The summed E-state index contributed by atoms with van der Waals surface area (Å²) in [7, 11) is -3.20. The zero-order valence-corrected chi connectivity index (χ0v) is 12.7. The topological polar surface area (TPSA) is 63.4 Å². The van der Waals surface area contributed by atoms with Gasteiger partial charge in [0.25, 0.3) is 0 Å². The van der Waals surface area contributed by atoms with E-state index in [1.54, 1.807) is 6.08 Å². The van der Waals surface area contributed by atoms with Crippen LogP contribution in [0.15, 0.2) is 41.8 Å². The van der Waals surface area contributed by atoms with Crippen molar-refractivity contribution in [1.82, 2.24) is 4.31 Å². The molecule has 0 saturated heterocycles. The van der Waals surface area contributed by atoms with Crippen molar-refractivity contribution in [3.05, 3.63) is 36.9 Å². The fraction of sp³-hybridized carbons (Fsp3) is 0.385. The molecule has 0 radical (unpaired) electrons. The van der Waals surface area contributed by atoms with E-state index in [2.05, 4.69) is 6.58 Å². The summed E-state index contributed by atoms with van der Waals surface area (Å²) in [4.78, 5) is 1.02. The highest BCUT2D eigenvalue weighted by Gasteiger charge is 2.18. The normalized spacial score (nSPS) is 11.7. The average molecular weight is 300 g/mol. The highest BCUT2D eigenvalue weighted by atomic mass is 32.2. The van der Waals surface area contributed by atoms with Crippen molar-refractivity contribution in [2.75, 3.05) is 30.3 Å². The monoisotopic (exact) mass is 300 g/mol. The van der Waals surface area contributed by atoms with Crippen molar-refractivity contribution in [1.29, 1.82) is 0 Å². The quantitative estimate of drug-likeness (QED) is 0.454. The highest BCUT2D eigenvalue weighted by Crippen LogP contribution is 2.19. The van der Waals surface area contributed by atoms with Crippen molar-refractivity contribution >= 4 is 27.5 Å². The second-order valence-electron chi connectivity index (χ2n) is 3.97. The maximum absolute atomic E-state index is 12.0. The Bertz CT molecular complexity index is 498. The molecule has 19 heavy (non-hydrogen) atoms. The molecule has 0 aromatic heterocycles. The third kappa shape index (κ3) is 5.26. The molecule has 2 N–H and O–H groups in total. The van der Waals surface area contributed by atoms with Gasteiger partial charge in [0, 0.05) is 29.4 Å². The number of sulfonamides is 1. The van der Waals surface area contributed by atoms with Crippen LogP contribution in [-0.2, 0) is 10.0 Å². The van der Waals surface area contributed by atoms with Crippen molar-refractivity contribution < 1.29 is 8.42 Å². The number of hydrogen-bond acceptors (Lipinski definition) is 4. The minimum absolute atomic E-state index is 0.129. The first-order valence-electron chi connectivity index (χ1n) is 6.06. The fourth-order valence-electron chi connectivity index (χ4n) is 1.54. The molecule has 0 saturated carbocycles. The zero-order chi connectivity index (χ0) is 14.3. The van der Waals surface area contributed by atoms with Gasteiger partial charge in [-0.2, -0.15) is 4.31 Å². The van der Waals surface area contributed by atoms with Gasteiger partial charge in [-0.15, -0.1) is 18.3 Å². The van der Waals surface area contributed by atoms with Gasteiger partial charge in [0.05, 0.1) is 5.75 Å². The number of thioether (sulfide) groups is 1. The van der Waals surface area contributed by atoms with E-state index >= 15 is 0 Å². The molecule has 1 aromatic carbocycles. The van der Waals surface area contributed by atoms with Crippen LogP contribution in [0.1, 0.15) is 6.92 Å². The van der Waals surface area contributed by atoms with Crippen LogP contribution in [0, 0.1) is 0 Å². The number of likely N-dealkylation sites (N-methyl/N-ethyl adjacent to an activating group) is 1. The summed E-state index contributed by atoms with van der Waals surface area (Å²) in [6.07, 6.45) is 1.61. The highest BCUT2D eigenvalue weighted by molar-refractivity contribution is 8.00. The lowest BCUT2D eigenvalue weighted by Gasteiger charge is -2.18. The first-order valence-corrected chi connectivity index (χ1v) is 8.66. The molecular weight excluding hydrogens is 280 g/mol. The molecule has 1 rings (SSSR count). The molecule has 106 valence electrons. The Morgan fingerprint density at radius 2 is 2.00 bits per heavy atom. The van der Waals surface area contributed by atoms with Crippen molar-refractivity contribution in [3.8, 4) is 0 Å². The Morgan fingerprint density at radius 3 is 2.53 bits per heavy atom. The minimum atomic E-state index is -3.20. The number of nitrogens with two attached hydrogens (primary N) is 1. The first-order chi connectivity index (χ1) is 8.99. The van der Waals surface area contributed by atoms with Crippen LogP contribution in [0.2, 0.25) is 0 Å². The SMILES string of the molecule is C=CCN(CC)S(=O)(=O)CCSc1ccc(N)cc1. The van der Waals surface area contributed by atoms with Crippen LogP contribution in [0.25, 0.3) is 0 Å². The van der Waals surface area contributed by atoms with E-state index in [0.29, 0.717) is 24.5 Å². The van der Waals surface area contributed by atoms with Crippen LogP contribution < -0.4 is 5.73 Å². The van der Waals surface area contributed by atoms with Crippen LogP contribution in [0.5, 0.6) is 0 Å². The van der Waals surface area contributed by atoms with Gasteiger partial charge < -0.3 is 5.73 Å². The Balaban J connectivity index is 2.51. The Morgan fingerprint density at radius 1 is 1.37 bits per heavy atom. The lowest BCUT2D eigenvalue weighted by Crippen LogP contribution is -2.33. The molecule has 0 aliphatic rings. The molecule has 0 atom stereocenters. The Kier molecular flexibility index (Phi) is 6.41. The summed E-state index contributed by atoms with van der Waals surface area (Å²) in [5.41, 5.74) is 6.30. The molecular formula is C13H20N2O2S2. The van der Waals surface area contributed by atoms with Gasteiger partial charge in [0.2, 0.25) is 10.0 Å². The van der Waals surface area contributed by atoms with Crippen LogP contribution >= 0.6 is 11.8 Å². The van der Waals surface area contributed by atoms with Gasteiger partial charge in [0.1, 0.15) is 0 Å². The van der Waals surface area contributed by atoms with E-state index in [-0.39, 0.29) is 5.75 Å². The molecule has 0 aliphatic heterocycles. The fourth-order valence-corrected chi connectivity index (χ4v) is 4.27. The lowest BCUT2D eigenvalue weighted by atomic mass is 10.3. The van der Waals surface area contributed by atoms with Gasteiger partial charge in [-0.1, -0.05) is 13.0 Å². The summed E-state index contributed by atoms with van der Waals surface area (Å²) in [6, 6.07) is 7.42. The van der Waals surface area contributed by atoms with Gasteiger partial charge >= 0.3 is 0 Å². The Labute approximate surface area is 119 Å². The smallest absolute Gasteiger partial charge is 0.215 e. The minimum Gasteiger partial charge on any atom is -0.399 e. The summed E-state index contributed by atoms with van der Waals surface area (Å²) in [5, 5.41) is 0. The molecule has 6 heteroatoms. The second-order valence-corrected chi connectivity index (χ2v) is 7.23. The van der Waals surface area contributed by atoms with Gasteiger partial charge in [-0.3, -0.25) is 0 Å². The largest absolute Gasteiger partial charge is 0.399 e. The van der Waals surface area contributed by atoms with Gasteiger partial charge in [-0.05, 0) is 24.3 Å². The molecule has 0 aliphatic carbocycles. The summed E-state index contributed by atoms with van der Waals surface area (Å²) in [5.74, 6) is 0.656. The van der Waals surface area contributed by atoms with E-state index in [1.165, 1.54) is 16.1 Å². The maximum Gasteiger partial charge on any atom is 0.215 e. The maximum atomic E-state index is 12.0. The third-order valence-corrected chi connectivity index (χ3v) is 5.76. The third-order valence-electron chi connectivity index (χ3n) is 2.57. The number of nitrogen functional groups attached to an aromatic ring is 1. The van der Waals surface area contributed by atoms with Crippen molar-refractivity contribution in [2.45, 2.75) is 11.8 Å². The molecule has 4 nitrogen and oxygen atoms in total. The number of anilines is 1. The van der Waals surface area contributed by atoms with E-state index in [4.69, 9.17) is 5.73 Å². The second kappa shape index (κ2) is 7.57. The standard InChI is InChI=1S/C13H20N2O2S2/c1-3-9-15(4-2)19(16,17)11-10-18-13-7-5-12(14)6-8-13/h3,5-8H,1,4,9-11,14H2,2H3. The van der Waals surface area contributed by atoms with E-state index in [1.807, 2.05) is 31.2 Å². The van der Waals surface area contributed by atoms with Crippen LogP contribution in [-0.4, -0.2) is 37.3 Å². The average Bonchev–Trinajstić information content (AvgIpc) is 2.38. The molecule has 0 bridgehead atoms. The van der Waals surface area contributed by atoms with Gasteiger partial charge in [0.15, 0.2) is 0 Å². The summed E-state index contributed by atoms with van der Waals surface area (Å²) >= 11 is 1.51. The van der Waals surface area contributed by atoms with Crippen LogP contribution in [0.4, 0.5) is 5.69 Å². The number of benzene rings is 1. The summed E-state index contributed by atoms with van der Waals surface area (Å²) in [6.45, 7) is 6.24. The van der Waals surface area contributed by atoms with Crippen molar-refractivity contribution in [3.63, 3.8) is 0 Å². The Hall–Kier alpha value is -0.980. The number of hydrogen-bond donors (Lipinski definition) is 1. The van der Waals surface area contributed by atoms with E-state index in [9.17, 15) is 8.42 Å². The molecule has 1 aromatic rings. The predicted molar refractivity (Wildman–Crippen MR) is 82.8 cm³/mol. The zero-order valence-electron chi connectivity index (χ0n) is 11.1. The predicted octanol–water partition coefficient (Wildman–Crippen LogP) is 2.20. The van der Waals surface area contributed by atoms with Crippen molar-refractivity contribution in [2.24, 2.45) is 0 Å². The van der Waals surface area contributed by atoms with E-state index < -0.39 is 10.0 Å². The first kappa shape index (κ1) is 16.1. The molecule has 0 spiro atoms. The lowest BCUT2D eigenvalue weighted by molar-refractivity contribution is 0.461. The molecule has 0 heterocycles. The van der Waals surface area contributed by atoms with Gasteiger partial charge in [-0.25, -0.2) is 8.42 Å². The number of rotatable bonds is 8. The van der Waals surface area contributed by atoms with Crippen LogP contribution in [0.3, 0.4) is 0 Å². The summed E-state index contributed by atoms with van der Waals surface area (Å²) < 4.78 is 25.5. The number of nitrogens with zero attached hydrogens (tertiary/aromatic N) is 1. The van der Waals surface area contributed by atoms with E-state index in [0.717, 1.165) is 4.90 Å². The molecule has 0 fully saturated rings. The molecule has 0 unspecified atom stereocenters. The molecule has 0 amide bonds.